The number of carbonyl (C=O) groups is 1. The zero-order valence-corrected chi connectivity index (χ0v) is 25.5. The highest BCUT2D eigenvalue weighted by Crippen LogP contribution is 2.40. The van der Waals surface area contributed by atoms with Gasteiger partial charge >= 0.3 is 5.97 Å². The van der Waals surface area contributed by atoms with E-state index in [1.54, 1.807) is 24.5 Å². The summed E-state index contributed by atoms with van der Waals surface area (Å²) in [5, 5.41) is 6.45. The number of aromatic nitrogens is 2. The van der Waals surface area contributed by atoms with E-state index in [4.69, 9.17) is 42.2 Å². The normalized spacial score (nSPS) is 16.2. The van der Waals surface area contributed by atoms with Crippen molar-refractivity contribution in [2.24, 2.45) is 0 Å². The van der Waals surface area contributed by atoms with Crippen LogP contribution in [-0.4, -0.2) is 60.9 Å². The molecule has 5 rings (SSSR count). The lowest BCUT2D eigenvalue weighted by molar-refractivity contribution is 0.0600. The Morgan fingerprint density at radius 2 is 1.95 bits per heavy atom. The Morgan fingerprint density at radius 3 is 2.60 bits per heavy atom. The summed E-state index contributed by atoms with van der Waals surface area (Å²) < 4.78 is 17.2. The van der Waals surface area contributed by atoms with Gasteiger partial charge in [-0.3, -0.25) is 4.90 Å². The summed E-state index contributed by atoms with van der Waals surface area (Å²) in [5.74, 6) is 1.17. The smallest absolute Gasteiger partial charge is 0.338 e. The summed E-state index contributed by atoms with van der Waals surface area (Å²) in [4.78, 5) is 21.9. The quantitative estimate of drug-likeness (QED) is 0.195. The van der Waals surface area contributed by atoms with Crippen molar-refractivity contribution in [3.63, 3.8) is 0 Å². The topological polar surface area (TPSA) is 80.9 Å². The Balaban J connectivity index is 1.42. The number of hydrogen-bond donors (Lipinski definition) is 0. The number of benzene rings is 2. The molecule has 0 bridgehead atoms. The fourth-order valence-corrected chi connectivity index (χ4v) is 6.93. The molecule has 40 heavy (non-hydrogen) atoms. The molecule has 0 amide bonds. The molecule has 0 radical (unpaired) electrons. The van der Waals surface area contributed by atoms with Gasteiger partial charge in [-0.25, -0.2) is 9.78 Å². The van der Waals surface area contributed by atoms with Gasteiger partial charge in [-0.1, -0.05) is 66.5 Å². The maximum absolute atomic E-state index is 12.2. The predicted octanol–water partition coefficient (Wildman–Crippen LogP) is 7.28. The van der Waals surface area contributed by atoms with Gasteiger partial charge in [0.2, 0.25) is 0 Å². The third-order valence-electron chi connectivity index (χ3n) is 7.30. The summed E-state index contributed by atoms with van der Waals surface area (Å²) in [6.07, 6.45) is 0.945. The van der Waals surface area contributed by atoms with Crippen LogP contribution in [0.2, 0.25) is 10.0 Å². The van der Waals surface area contributed by atoms with Gasteiger partial charge in [-0.2, -0.15) is 0 Å². The Kier molecular flexibility index (Phi) is 8.56. The van der Waals surface area contributed by atoms with Crippen LogP contribution >= 0.6 is 34.5 Å². The maximum Gasteiger partial charge on any atom is 0.338 e. The van der Waals surface area contributed by atoms with Gasteiger partial charge in [0.15, 0.2) is 5.13 Å². The molecule has 11 heteroatoms. The molecule has 0 spiro atoms. The number of hydrogen-bond acceptors (Lipinski definition) is 9. The van der Waals surface area contributed by atoms with Crippen molar-refractivity contribution in [3.05, 3.63) is 57.3 Å². The van der Waals surface area contributed by atoms with Crippen LogP contribution in [0.1, 0.15) is 54.8 Å². The van der Waals surface area contributed by atoms with E-state index in [0.717, 1.165) is 52.7 Å². The summed E-state index contributed by atoms with van der Waals surface area (Å²) >= 11 is 14.7. The average molecular weight is 604 g/mol. The van der Waals surface area contributed by atoms with Crippen molar-refractivity contribution in [2.75, 3.05) is 38.8 Å². The minimum absolute atomic E-state index is 0.161. The summed E-state index contributed by atoms with van der Waals surface area (Å²) in [7, 11) is 2.96. The number of esters is 1. The largest absolute Gasteiger partial charge is 0.494 e. The number of thiazole rings is 1. The summed E-state index contributed by atoms with van der Waals surface area (Å²) in [6.45, 7) is 9.54. The second kappa shape index (κ2) is 11.9. The number of fused-ring (bicyclic) bond motifs is 1. The van der Waals surface area contributed by atoms with Gasteiger partial charge in [-0.15, -0.1) is 0 Å². The molecule has 212 valence electrons. The van der Waals surface area contributed by atoms with Crippen LogP contribution in [0.4, 0.5) is 5.13 Å². The SMILES string of the molecule is CCC1CN(Cc2c(-c3c(Cl)cccc3Cl)noc2C(C)C)CCN1c1nc2c(OC)cc(C(=O)OC)cc2s1. The first-order chi connectivity index (χ1) is 19.2. The molecule has 3 heterocycles. The summed E-state index contributed by atoms with van der Waals surface area (Å²) in [6, 6.07) is 9.22. The molecule has 1 unspecified atom stereocenters. The van der Waals surface area contributed by atoms with Crippen molar-refractivity contribution in [2.45, 2.75) is 45.7 Å². The third-order valence-corrected chi connectivity index (χ3v) is 8.97. The van der Waals surface area contributed by atoms with E-state index >= 15 is 0 Å². The molecule has 1 atom stereocenters. The number of nitrogens with zero attached hydrogens (tertiary/aromatic N) is 4. The maximum atomic E-state index is 12.2. The highest BCUT2D eigenvalue weighted by atomic mass is 35.5. The first kappa shape index (κ1) is 28.7. The lowest BCUT2D eigenvalue weighted by Gasteiger charge is -2.41. The third kappa shape index (κ3) is 5.40. The van der Waals surface area contributed by atoms with E-state index in [-0.39, 0.29) is 12.0 Å². The lowest BCUT2D eigenvalue weighted by atomic mass is 9.99. The van der Waals surface area contributed by atoms with Crippen LogP contribution in [-0.2, 0) is 11.3 Å². The van der Waals surface area contributed by atoms with Gasteiger partial charge in [0.1, 0.15) is 22.7 Å². The van der Waals surface area contributed by atoms with Gasteiger partial charge in [0, 0.05) is 49.3 Å². The van der Waals surface area contributed by atoms with Crippen molar-refractivity contribution in [1.82, 2.24) is 15.0 Å². The van der Waals surface area contributed by atoms with Gasteiger partial charge in [0.25, 0.3) is 0 Å². The fourth-order valence-electron chi connectivity index (χ4n) is 5.24. The Labute approximate surface area is 247 Å². The molecule has 0 saturated carbocycles. The van der Waals surface area contributed by atoms with E-state index < -0.39 is 5.97 Å². The fraction of sp³-hybridized carbons (Fsp3) is 0.414. The molecule has 2 aromatic carbocycles. The minimum Gasteiger partial charge on any atom is -0.494 e. The first-order valence-electron chi connectivity index (χ1n) is 13.2. The molecule has 1 aliphatic rings. The highest BCUT2D eigenvalue weighted by molar-refractivity contribution is 7.22. The predicted molar refractivity (Wildman–Crippen MR) is 160 cm³/mol. The van der Waals surface area contributed by atoms with Crippen LogP contribution < -0.4 is 9.64 Å². The standard InChI is InChI=1S/C29H32Cl2N4O4S/c1-6-18-14-34(15-19-25(33-39-27(19)16(2)3)24-20(30)8-7-9-21(24)31)10-11-35(18)29-32-26-22(37-4)12-17(28(36)38-5)13-23(26)40-29/h7-9,12-13,16,18H,6,10-11,14-15H2,1-5H3. The van der Waals surface area contributed by atoms with Crippen molar-refractivity contribution < 1.29 is 18.8 Å². The molecule has 4 aromatic rings. The Hall–Kier alpha value is -2.85. The Bertz CT molecular complexity index is 1520. The van der Waals surface area contributed by atoms with E-state index in [9.17, 15) is 4.79 Å². The molecular weight excluding hydrogens is 571 g/mol. The number of ether oxygens (including phenoxy) is 2. The van der Waals surface area contributed by atoms with Crippen molar-refractivity contribution >= 4 is 55.9 Å². The number of piperazine rings is 1. The van der Waals surface area contributed by atoms with Gasteiger partial charge in [-0.05, 0) is 30.7 Å². The molecular formula is C29H32Cl2N4O4S. The van der Waals surface area contributed by atoms with E-state index in [2.05, 4.69) is 35.7 Å². The number of anilines is 1. The molecule has 1 fully saturated rings. The Morgan fingerprint density at radius 1 is 1.20 bits per heavy atom. The van der Waals surface area contributed by atoms with E-state index in [1.807, 2.05) is 24.3 Å². The average Bonchev–Trinajstić information content (AvgIpc) is 3.56. The molecule has 1 aliphatic heterocycles. The molecule has 0 N–H and O–H groups in total. The number of methoxy groups -OCH3 is 2. The molecule has 2 aromatic heterocycles. The van der Waals surface area contributed by atoms with E-state index in [0.29, 0.717) is 39.2 Å². The van der Waals surface area contributed by atoms with Gasteiger partial charge < -0.3 is 18.9 Å². The second-order valence-electron chi connectivity index (χ2n) is 10.1. The van der Waals surface area contributed by atoms with Crippen LogP contribution in [0, 0.1) is 0 Å². The van der Waals surface area contributed by atoms with Crippen LogP contribution in [0.15, 0.2) is 34.9 Å². The highest BCUT2D eigenvalue weighted by Gasteiger charge is 2.31. The van der Waals surface area contributed by atoms with Crippen LogP contribution in [0.25, 0.3) is 21.5 Å². The summed E-state index contributed by atoms with van der Waals surface area (Å²) in [5.41, 5.74) is 3.63. The van der Waals surface area contributed by atoms with E-state index in [1.165, 1.54) is 7.11 Å². The van der Waals surface area contributed by atoms with Gasteiger partial charge in [0.05, 0.1) is 34.5 Å². The van der Waals surface area contributed by atoms with Crippen LogP contribution in [0.5, 0.6) is 5.75 Å². The van der Waals surface area contributed by atoms with Crippen molar-refractivity contribution in [1.29, 1.82) is 0 Å². The number of carbonyl (C=O) groups excluding carboxylic acids is 1. The van der Waals surface area contributed by atoms with Crippen LogP contribution in [0.3, 0.4) is 0 Å². The zero-order valence-electron chi connectivity index (χ0n) is 23.2. The number of halogens is 2. The monoisotopic (exact) mass is 602 g/mol. The second-order valence-corrected chi connectivity index (χ2v) is 12.0. The number of rotatable bonds is 8. The molecule has 0 aliphatic carbocycles. The van der Waals surface area contributed by atoms with Crippen molar-refractivity contribution in [3.8, 4) is 17.0 Å². The minimum atomic E-state index is -0.401. The first-order valence-corrected chi connectivity index (χ1v) is 14.8. The molecule has 8 nitrogen and oxygen atoms in total. The zero-order chi connectivity index (χ0) is 28.6. The molecule has 1 saturated heterocycles. The lowest BCUT2D eigenvalue weighted by Crippen LogP contribution is -2.52.